The summed E-state index contributed by atoms with van der Waals surface area (Å²) in [5, 5.41) is 9.96. The molecule has 0 bridgehead atoms. The number of hydrogen-bond acceptors (Lipinski definition) is 4. The van der Waals surface area contributed by atoms with Crippen molar-refractivity contribution < 1.29 is 0 Å². The van der Waals surface area contributed by atoms with Gasteiger partial charge in [-0.15, -0.1) is 0 Å². The average Bonchev–Trinajstić information content (AvgIpc) is 2.46. The Morgan fingerprint density at radius 1 is 1.29 bits per heavy atom. The van der Waals surface area contributed by atoms with Crippen LogP contribution in [0.5, 0.6) is 0 Å². The quantitative estimate of drug-likeness (QED) is 0.622. The van der Waals surface area contributed by atoms with Crippen LogP contribution < -0.4 is 16.0 Å². The first kappa shape index (κ1) is 18.1. The van der Waals surface area contributed by atoms with Crippen molar-refractivity contribution in [1.29, 1.82) is 0 Å². The Labute approximate surface area is 152 Å². The lowest BCUT2D eigenvalue weighted by Gasteiger charge is -2.24. The van der Waals surface area contributed by atoms with Crippen LogP contribution in [0.1, 0.15) is 20.8 Å². The summed E-state index contributed by atoms with van der Waals surface area (Å²) in [6.07, 6.45) is 7.53. The van der Waals surface area contributed by atoms with Gasteiger partial charge in [0, 0.05) is 22.1 Å². The van der Waals surface area contributed by atoms with Gasteiger partial charge in [0.05, 0.1) is 0 Å². The number of anilines is 1. The number of hydrogen-bond donors (Lipinski definition) is 3. The van der Waals surface area contributed by atoms with E-state index in [0.717, 1.165) is 27.3 Å². The molecule has 1 unspecified atom stereocenters. The fraction of sp³-hybridized carbons (Fsp3) is 0.211. The smallest absolute Gasteiger partial charge is 0.195 e. The second-order valence-corrected chi connectivity index (χ2v) is 6.74. The van der Waals surface area contributed by atoms with Crippen molar-refractivity contribution in [3.8, 4) is 0 Å². The molecule has 4 nitrogen and oxygen atoms in total. The molecular weight excluding hydrogens is 364 g/mol. The maximum absolute atomic E-state index is 4.39. The van der Waals surface area contributed by atoms with Crippen LogP contribution in [-0.4, -0.2) is 12.5 Å². The van der Waals surface area contributed by atoms with Crippen LogP contribution in [0.4, 0.5) is 5.69 Å². The first-order valence-electron chi connectivity index (χ1n) is 7.73. The highest BCUT2D eigenvalue weighted by atomic mass is 79.9. The molecule has 1 aliphatic rings. The molecule has 1 aliphatic heterocycles. The predicted octanol–water partition coefficient (Wildman–Crippen LogP) is 4.68. The van der Waals surface area contributed by atoms with E-state index in [1.807, 2.05) is 49.4 Å². The minimum Gasteiger partial charge on any atom is -0.347 e. The molecule has 24 heavy (non-hydrogen) atoms. The Bertz CT molecular complexity index is 725. The first-order valence-corrected chi connectivity index (χ1v) is 8.53. The number of nitrogens with zero attached hydrogens (tertiary/aromatic N) is 1. The normalized spacial score (nSPS) is 16.8. The molecule has 0 aliphatic carbocycles. The monoisotopic (exact) mass is 386 g/mol. The third-order valence-electron chi connectivity index (χ3n) is 3.10. The van der Waals surface area contributed by atoms with Crippen LogP contribution in [0.2, 0.25) is 0 Å². The van der Waals surface area contributed by atoms with Gasteiger partial charge in [-0.3, -0.25) is 0 Å². The van der Waals surface area contributed by atoms with Gasteiger partial charge < -0.3 is 16.0 Å². The van der Waals surface area contributed by atoms with E-state index in [0.29, 0.717) is 0 Å². The molecule has 0 fully saturated rings. The van der Waals surface area contributed by atoms with Gasteiger partial charge in [-0.25, -0.2) is 4.99 Å². The van der Waals surface area contributed by atoms with E-state index < -0.39 is 0 Å². The van der Waals surface area contributed by atoms with Gasteiger partial charge in [-0.1, -0.05) is 40.2 Å². The first-order chi connectivity index (χ1) is 11.4. The van der Waals surface area contributed by atoms with Crippen molar-refractivity contribution >= 4 is 27.8 Å². The second kappa shape index (κ2) is 8.55. The zero-order valence-electron chi connectivity index (χ0n) is 14.2. The molecule has 2 rings (SSSR count). The lowest BCUT2D eigenvalue weighted by atomic mass is 10.2. The van der Waals surface area contributed by atoms with Crippen LogP contribution in [0.25, 0.3) is 0 Å². The fourth-order valence-corrected chi connectivity index (χ4v) is 2.66. The summed E-state index contributed by atoms with van der Waals surface area (Å²) in [4.78, 5) is 4.39. The molecule has 0 saturated heterocycles. The molecule has 0 spiro atoms. The van der Waals surface area contributed by atoms with Gasteiger partial charge in [0.2, 0.25) is 0 Å². The van der Waals surface area contributed by atoms with Crippen molar-refractivity contribution in [1.82, 2.24) is 10.6 Å². The maximum Gasteiger partial charge on any atom is 0.195 e. The Morgan fingerprint density at radius 3 is 2.79 bits per heavy atom. The second-order valence-electron chi connectivity index (χ2n) is 5.83. The standard InChI is InChI=1S/C19H23BrN4/c1-13(2)10-14(3)11-15(4)22-18-8-9-21-19(24-18)23-17-7-5-6-16(20)12-17/h5-12,19,22-24H,3H2,1-2,4H3/b15-11+. The van der Waals surface area contributed by atoms with E-state index >= 15 is 0 Å². The van der Waals surface area contributed by atoms with Crippen LogP contribution in [0.15, 0.2) is 81.2 Å². The molecule has 1 aromatic carbocycles. The number of nitrogens with one attached hydrogen (secondary N) is 3. The molecule has 1 atom stereocenters. The molecular formula is C19H23BrN4. The molecule has 0 saturated carbocycles. The molecule has 0 aromatic heterocycles. The predicted molar refractivity (Wildman–Crippen MR) is 107 cm³/mol. The van der Waals surface area contributed by atoms with Crippen molar-refractivity contribution in [3.05, 3.63) is 76.2 Å². The Balaban J connectivity index is 1.95. The van der Waals surface area contributed by atoms with Crippen LogP contribution in [0, 0.1) is 0 Å². The number of rotatable bonds is 6. The van der Waals surface area contributed by atoms with Crippen LogP contribution in [0.3, 0.4) is 0 Å². The van der Waals surface area contributed by atoms with E-state index in [1.54, 1.807) is 6.21 Å². The summed E-state index contributed by atoms with van der Waals surface area (Å²) in [7, 11) is 0. The maximum atomic E-state index is 4.39. The van der Waals surface area contributed by atoms with Gasteiger partial charge in [0.15, 0.2) is 6.29 Å². The molecule has 1 aromatic rings. The fourth-order valence-electron chi connectivity index (χ4n) is 2.26. The van der Waals surface area contributed by atoms with Crippen LogP contribution in [-0.2, 0) is 0 Å². The van der Waals surface area contributed by atoms with E-state index in [2.05, 4.69) is 57.3 Å². The zero-order valence-corrected chi connectivity index (χ0v) is 15.8. The Morgan fingerprint density at radius 2 is 2.08 bits per heavy atom. The van der Waals surface area contributed by atoms with E-state index in [1.165, 1.54) is 5.57 Å². The minimum atomic E-state index is -0.222. The van der Waals surface area contributed by atoms with Gasteiger partial charge in [0.1, 0.15) is 5.82 Å². The van der Waals surface area contributed by atoms with E-state index in [4.69, 9.17) is 0 Å². The largest absolute Gasteiger partial charge is 0.347 e. The topological polar surface area (TPSA) is 48.5 Å². The summed E-state index contributed by atoms with van der Waals surface area (Å²) in [6, 6.07) is 7.98. The molecule has 0 amide bonds. The highest BCUT2D eigenvalue weighted by molar-refractivity contribution is 9.10. The van der Waals surface area contributed by atoms with Gasteiger partial charge in [-0.2, -0.15) is 0 Å². The molecule has 126 valence electrons. The number of allylic oxidation sites excluding steroid dienone is 6. The number of benzene rings is 1. The van der Waals surface area contributed by atoms with Crippen LogP contribution >= 0.6 is 15.9 Å². The molecule has 0 radical (unpaired) electrons. The summed E-state index contributed by atoms with van der Waals surface area (Å²) < 4.78 is 1.03. The third-order valence-corrected chi connectivity index (χ3v) is 3.60. The van der Waals surface area contributed by atoms with E-state index in [9.17, 15) is 0 Å². The number of aliphatic imine (C=N–C) groups is 1. The zero-order chi connectivity index (χ0) is 17.5. The van der Waals surface area contributed by atoms with Gasteiger partial charge in [0.25, 0.3) is 0 Å². The van der Waals surface area contributed by atoms with Gasteiger partial charge >= 0.3 is 0 Å². The number of halogens is 1. The SMILES string of the molecule is C=C(C=C(C)C)/C=C(\C)NC1=CC=NC(Nc2cccc(Br)c2)N1. The molecule has 3 N–H and O–H groups in total. The lowest BCUT2D eigenvalue weighted by Crippen LogP contribution is -2.40. The highest BCUT2D eigenvalue weighted by Gasteiger charge is 2.10. The van der Waals surface area contributed by atoms with Crippen molar-refractivity contribution in [2.75, 3.05) is 5.32 Å². The van der Waals surface area contributed by atoms with Gasteiger partial charge in [-0.05, 0) is 56.7 Å². The Hall–Kier alpha value is -2.27. The third kappa shape index (κ3) is 6.08. The summed E-state index contributed by atoms with van der Waals surface area (Å²) in [6.45, 7) is 10.2. The molecule has 1 heterocycles. The Kier molecular flexibility index (Phi) is 6.44. The highest BCUT2D eigenvalue weighted by Crippen LogP contribution is 2.16. The molecule has 5 heteroatoms. The van der Waals surface area contributed by atoms with Crippen molar-refractivity contribution in [2.45, 2.75) is 27.1 Å². The average molecular weight is 387 g/mol. The summed E-state index contributed by atoms with van der Waals surface area (Å²) in [5.41, 5.74) is 4.19. The minimum absolute atomic E-state index is 0.222. The van der Waals surface area contributed by atoms with E-state index in [-0.39, 0.29) is 6.29 Å². The summed E-state index contributed by atoms with van der Waals surface area (Å²) in [5.74, 6) is 0.885. The van der Waals surface area contributed by atoms with Crippen molar-refractivity contribution in [3.63, 3.8) is 0 Å². The van der Waals surface area contributed by atoms with Crippen molar-refractivity contribution in [2.24, 2.45) is 4.99 Å². The lowest BCUT2D eigenvalue weighted by molar-refractivity contribution is 0.618. The summed E-state index contributed by atoms with van der Waals surface area (Å²) >= 11 is 3.47.